The molecular weight excluding hydrogens is 233 g/mol. The number of carbonyl (C=O) groups excluding carboxylic acids is 1. The summed E-state index contributed by atoms with van der Waals surface area (Å²) in [7, 11) is 1.39. The van der Waals surface area contributed by atoms with Crippen molar-refractivity contribution in [2.75, 3.05) is 13.0 Å². The van der Waals surface area contributed by atoms with Crippen molar-refractivity contribution < 1.29 is 13.9 Å². The highest BCUT2D eigenvalue weighted by Crippen LogP contribution is 2.27. The largest absolute Gasteiger partial charge is 0.493 e. The van der Waals surface area contributed by atoms with Crippen LogP contribution in [0.1, 0.15) is 18.5 Å². The Hall–Kier alpha value is -1.29. The van der Waals surface area contributed by atoms with E-state index in [1.165, 1.54) is 13.2 Å². The first-order valence-electron chi connectivity index (χ1n) is 4.78. The summed E-state index contributed by atoms with van der Waals surface area (Å²) in [5.41, 5.74) is 0.584. The molecule has 0 aromatic heterocycles. The average molecular weight is 246 g/mol. The van der Waals surface area contributed by atoms with Crippen molar-refractivity contribution >= 4 is 17.5 Å². The minimum atomic E-state index is -0.452. The number of ether oxygens (including phenoxy) is 1. The zero-order chi connectivity index (χ0) is 12.1. The predicted molar refractivity (Wildman–Crippen MR) is 60.2 cm³/mol. The van der Waals surface area contributed by atoms with Crippen molar-refractivity contribution in [2.24, 2.45) is 0 Å². The molecule has 1 aromatic carbocycles. The summed E-state index contributed by atoms with van der Waals surface area (Å²) in [6.45, 7) is 1.74. The van der Waals surface area contributed by atoms with Crippen molar-refractivity contribution in [3.8, 4) is 5.75 Å². The number of hydrogen-bond acceptors (Lipinski definition) is 2. The molecule has 1 amide bonds. The second-order valence-electron chi connectivity index (χ2n) is 3.29. The summed E-state index contributed by atoms with van der Waals surface area (Å²) in [6.07, 6.45) is 0. The van der Waals surface area contributed by atoms with Crippen LogP contribution in [0.4, 0.5) is 4.39 Å². The number of amides is 1. The molecule has 0 aliphatic heterocycles. The van der Waals surface area contributed by atoms with Gasteiger partial charge in [-0.15, -0.1) is 11.6 Å². The summed E-state index contributed by atoms with van der Waals surface area (Å²) in [4.78, 5) is 11.1. The molecule has 0 heterocycles. The molecule has 88 valence electrons. The summed E-state index contributed by atoms with van der Waals surface area (Å²) >= 11 is 5.37. The standard InChI is InChI=1S/C11H13ClFNO2/c1-7(14-10(15)6-12)8-4-3-5-9(13)11(8)16-2/h3-5,7H,6H2,1-2H3,(H,14,15)/t7-/m0/s1. The summed E-state index contributed by atoms with van der Waals surface area (Å²) in [5, 5.41) is 2.63. The Bertz CT molecular complexity index is 384. The van der Waals surface area contributed by atoms with Crippen LogP contribution < -0.4 is 10.1 Å². The van der Waals surface area contributed by atoms with Crippen molar-refractivity contribution in [1.82, 2.24) is 5.32 Å². The van der Waals surface area contributed by atoms with Crippen molar-refractivity contribution in [3.63, 3.8) is 0 Å². The fourth-order valence-electron chi connectivity index (χ4n) is 1.44. The van der Waals surface area contributed by atoms with Crippen molar-refractivity contribution in [3.05, 3.63) is 29.6 Å². The molecule has 0 aliphatic carbocycles. The second kappa shape index (κ2) is 5.70. The van der Waals surface area contributed by atoms with Crippen LogP contribution in [0.3, 0.4) is 0 Å². The molecule has 0 spiro atoms. The number of alkyl halides is 1. The van der Waals surface area contributed by atoms with E-state index in [-0.39, 0.29) is 23.6 Å². The maximum Gasteiger partial charge on any atom is 0.235 e. The minimum Gasteiger partial charge on any atom is -0.493 e. The Morgan fingerprint density at radius 2 is 2.31 bits per heavy atom. The third kappa shape index (κ3) is 2.85. The Morgan fingerprint density at radius 1 is 1.62 bits per heavy atom. The number of halogens is 2. The predicted octanol–water partition coefficient (Wildman–Crippen LogP) is 2.25. The van der Waals surface area contributed by atoms with Gasteiger partial charge < -0.3 is 10.1 Å². The van der Waals surface area contributed by atoms with E-state index in [2.05, 4.69) is 5.32 Å². The van der Waals surface area contributed by atoms with Crippen molar-refractivity contribution in [2.45, 2.75) is 13.0 Å². The third-order valence-corrected chi connectivity index (χ3v) is 2.41. The molecule has 1 atom stereocenters. The molecule has 0 bridgehead atoms. The zero-order valence-electron chi connectivity index (χ0n) is 9.09. The molecule has 5 heteroatoms. The molecule has 0 aliphatic rings. The van der Waals surface area contributed by atoms with Crippen LogP contribution in [0, 0.1) is 5.82 Å². The van der Waals surface area contributed by atoms with Crippen LogP contribution in [0.15, 0.2) is 18.2 Å². The summed E-state index contributed by atoms with van der Waals surface area (Å²) < 4.78 is 18.3. The SMILES string of the molecule is COc1c(F)cccc1[C@H](C)NC(=O)CCl. The number of para-hydroxylation sites is 1. The van der Waals surface area contributed by atoms with Gasteiger partial charge in [-0.3, -0.25) is 4.79 Å². The van der Waals surface area contributed by atoms with Gasteiger partial charge in [-0.05, 0) is 13.0 Å². The van der Waals surface area contributed by atoms with Crippen LogP contribution in [-0.4, -0.2) is 18.9 Å². The Morgan fingerprint density at radius 3 is 2.88 bits per heavy atom. The number of methoxy groups -OCH3 is 1. The number of nitrogens with one attached hydrogen (secondary N) is 1. The zero-order valence-corrected chi connectivity index (χ0v) is 9.84. The fraction of sp³-hybridized carbons (Fsp3) is 0.364. The first kappa shape index (κ1) is 12.8. The van der Waals surface area contributed by atoms with Crippen LogP contribution in [0.5, 0.6) is 5.75 Å². The quantitative estimate of drug-likeness (QED) is 0.827. The molecule has 16 heavy (non-hydrogen) atoms. The lowest BCUT2D eigenvalue weighted by molar-refractivity contribution is -0.119. The fourth-order valence-corrected chi connectivity index (χ4v) is 1.52. The first-order chi connectivity index (χ1) is 7.60. The lowest BCUT2D eigenvalue weighted by Crippen LogP contribution is -2.27. The molecule has 0 unspecified atom stereocenters. The van der Waals surface area contributed by atoms with E-state index in [0.717, 1.165) is 0 Å². The normalized spacial score (nSPS) is 12.0. The monoisotopic (exact) mass is 245 g/mol. The van der Waals surface area contributed by atoms with Crippen LogP contribution in [0.2, 0.25) is 0 Å². The van der Waals surface area contributed by atoms with Gasteiger partial charge in [0, 0.05) is 5.56 Å². The number of benzene rings is 1. The van der Waals surface area contributed by atoms with E-state index >= 15 is 0 Å². The lowest BCUT2D eigenvalue weighted by atomic mass is 10.1. The highest BCUT2D eigenvalue weighted by Gasteiger charge is 2.16. The molecule has 1 N–H and O–H groups in total. The number of rotatable bonds is 4. The van der Waals surface area contributed by atoms with Gasteiger partial charge in [0.05, 0.1) is 13.2 Å². The molecular formula is C11H13ClFNO2. The Labute approximate surface area is 98.5 Å². The van der Waals surface area contributed by atoms with Crippen LogP contribution in [0.25, 0.3) is 0 Å². The Kier molecular flexibility index (Phi) is 4.55. The number of carbonyl (C=O) groups is 1. The lowest BCUT2D eigenvalue weighted by Gasteiger charge is -2.16. The van der Waals surface area contributed by atoms with Gasteiger partial charge in [0.25, 0.3) is 0 Å². The highest BCUT2D eigenvalue weighted by atomic mass is 35.5. The molecule has 1 rings (SSSR count). The van der Waals surface area contributed by atoms with Crippen LogP contribution >= 0.6 is 11.6 Å². The van der Waals surface area contributed by atoms with Crippen molar-refractivity contribution in [1.29, 1.82) is 0 Å². The van der Waals surface area contributed by atoms with E-state index in [0.29, 0.717) is 5.56 Å². The highest BCUT2D eigenvalue weighted by molar-refractivity contribution is 6.27. The van der Waals surface area contributed by atoms with Gasteiger partial charge in [-0.25, -0.2) is 4.39 Å². The second-order valence-corrected chi connectivity index (χ2v) is 3.55. The molecule has 0 radical (unpaired) electrons. The maximum atomic E-state index is 13.4. The van der Waals surface area contributed by atoms with E-state index < -0.39 is 5.82 Å². The molecule has 0 fully saturated rings. The molecule has 3 nitrogen and oxygen atoms in total. The smallest absolute Gasteiger partial charge is 0.235 e. The van der Waals surface area contributed by atoms with Gasteiger partial charge in [-0.2, -0.15) is 0 Å². The van der Waals surface area contributed by atoms with Gasteiger partial charge in [0.15, 0.2) is 11.6 Å². The first-order valence-corrected chi connectivity index (χ1v) is 5.31. The van der Waals surface area contributed by atoms with E-state index in [9.17, 15) is 9.18 Å². The van der Waals surface area contributed by atoms with E-state index in [4.69, 9.17) is 16.3 Å². The minimum absolute atomic E-state index is 0.123. The molecule has 1 aromatic rings. The van der Waals surface area contributed by atoms with E-state index in [1.54, 1.807) is 19.1 Å². The van der Waals surface area contributed by atoms with Gasteiger partial charge in [0.2, 0.25) is 5.91 Å². The van der Waals surface area contributed by atoms with E-state index in [1.807, 2.05) is 0 Å². The van der Waals surface area contributed by atoms with Gasteiger partial charge in [-0.1, -0.05) is 12.1 Å². The Balaban J connectivity index is 2.94. The number of hydrogen-bond donors (Lipinski definition) is 1. The van der Waals surface area contributed by atoms with Gasteiger partial charge >= 0.3 is 0 Å². The topological polar surface area (TPSA) is 38.3 Å². The van der Waals surface area contributed by atoms with Gasteiger partial charge in [0.1, 0.15) is 5.88 Å². The van der Waals surface area contributed by atoms with Crippen LogP contribution in [-0.2, 0) is 4.79 Å². The summed E-state index contributed by atoms with van der Waals surface area (Å²) in [6, 6.07) is 4.22. The average Bonchev–Trinajstić information content (AvgIpc) is 2.28. The molecule has 0 saturated heterocycles. The molecule has 0 saturated carbocycles. The maximum absolute atomic E-state index is 13.4. The summed E-state index contributed by atoms with van der Waals surface area (Å²) in [5.74, 6) is -0.737. The third-order valence-electron chi connectivity index (χ3n) is 2.17.